The van der Waals surface area contributed by atoms with Gasteiger partial charge in [0.1, 0.15) is 11.8 Å². The zero-order valence-corrected chi connectivity index (χ0v) is 11.6. The number of hydrogen-bond acceptors (Lipinski definition) is 4. The van der Waals surface area contributed by atoms with Crippen LogP contribution in [0.4, 0.5) is 10.5 Å². The molecule has 20 heavy (non-hydrogen) atoms. The highest BCUT2D eigenvalue weighted by Gasteiger charge is 2.34. The second-order valence-electron chi connectivity index (χ2n) is 4.51. The molecule has 0 aliphatic carbocycles. The maximum Gasteiger partial charge on any atom is 0.410 e. The molecular formula is C14H18N2O4. The molecule has 6 heteroatoms. The highest BCUT2D eigenvalue weighted by Crippen LogP contribution is 2.25. The third-order valence-electron chi connectivity index (χ3n) is 3.33. The minimum absolute atomic E-state index is 0.225. The summed E-state index contributed by atoms with van der Waals surface area (Å²) in [5.41, 5.74) is 0.594. The maximum absolute atomic E-state index is 12.3. The Labute approximate surface area is 117 Å². The molecule has 1 N–H and O–H groups in total. The first-order chi connectivity index (χ1) is 9.67. The lowest BCUT2D eigenvalue weighted by molar-refractivity contribution is -0.120. The zero-order valence-electron chi connectivity index (χ0n) is 11.6. The smallest absolute Gasteiger partial charge is 0.410 e. The molecule has 0 radical (unpaired) electrons. The van der Waals surface area contributed by atoms with Gasteiger partial charge in [-0.25, -0.2) is 4.79 Å². The number of rotatable bonds is 3. The summed E-state index contributed by atoms with van der Waals surface area (Å²) < 4.78 is 9.88. The van der Waals surface area contributed by atoms with E-state index in [1.807, 2.05) is 12.1 Å². The number of carbonyl (C=O) groups is 2. The highest BCUT2D eigenvalue weighted by molar-refractivity contribution is 5.97. The van der Waals surface area contributed by atoms with Gasteiger partial charge in [0.2, 0.25) is 5.91 Å². The van der Waals surface area contributed by atoms with Crippen molar-refractivity contribution < 1.29 is 19.1 Å². The van der Waals surface area contributed by atoms with Gasteiger partial charge in [0.05, 0.1) is 19.9 Å². The zero-order chi connectivity index (χ0) is 14.5. The van der Waals surface area contributed by atoms with Crippen molar-refractivity contribution in [3.05, 3.63) is 24.3 Å². The first kappa shape index (κ1) is 14.2. The lowest BCUT2D eigenvalue weighted by Gasteiger charge is -2.22. The number of amides is 2. The number of hydrogen-bond donors (Lipinski definition) is 1. The number of para-hydroxylation sites is 2. The Morgan fingerprint density at radius 3 is 2.75 bits per heavy atom. The Bertz CT molecular complexity index is 504. The summed E-state index contributed by atoms with van der Waals surface area (Å²) in [6.07, 6.45) is 0.956. The van der Waals surface area contributed by atoms with Crippen LogP contribution in [0.25, 0.3) is 0 Å². The number of benzene rings is 1. The summed E-state index contributed by atoms with van der Waals surface area (Å²) in [5, 5.41) is 2.80. The Morgan fingerprint density at radius 1 is 1.30 bits per heavy atom. The number of nitrogens with zero attached hydrogens (tertiary/aromatic N) is 1. The number of ether oxygens (including phenoxy) is 2. The van der Waals surface area contributed by atoms with Crippen LogP contribution in [0.1, 0.15) is 12.8 Å². The Hall–Kier alpha value is -2.24. The van der Waals surface area contributed by atoms with E-state index >= 15 is 0 Å². The first-order valence-electron chi connectivity index (χ1n) is 6.46. The van der Waals surface area contributed by atoms with Crippen LogP contribution < -0.4 is 10.1 Å². The summed E-state index contributed by atoms with van der Waals surface area (Å²) in [5.74, 6) is 0.362. The quantitative estimate of drug-likeness (QED) is 0.916. The normalized spacial score (nSPS) is 17.7. The number of methoxy groups -OCH3 is 2. The Kier molecular flexibility index (Phi) is 4.45. The van der Waals surface area contributed by atoms with Crippen LogP contribution in [0.2, 0.25) is 0 Å². The molecule has 0 spiro atoms. The highest BCUT2D eigenvalue weighted by atomic mass is 16.5. The van der Waals surface area contributed by atoms with E-state index in [1.165, 1.54) is 12.0 Å². The topological polar surface area (TPSA) is 67.9 Å². The van der Waals surface area contributed by atoms with Crippen molar-refractivity contribution >= 4 is 17.7 Å². The molecule has 1 unspecified atom stereocenters. The molecule has 1 aromatic rings. The van der Waals surface area contributed by atoms with E-state index in [0.29, 0.717) is 24.4 Å². The van der Waals surface area contributed by atoms with E-state index < -0.39 is 12.1 Å². The SMILES string of the molecule is COC(=O)N1CCCC1C(=O)Nc1ccccc1OC. The summed E-state index contributed by atoms with van der Waals surface area (Å²) >= 11 is 0. The van der Waals surface area contributed by atoms with Gasteiger partial charge in [0, 0.05) is 6.54 Å². The molecule has 1 heterocycles. The number of anilines is 1. The third-order valence-corrected chi connectivity index (χ3v) is 3.33. The molecule has 1 saturated heterocycles. The predicted molar refractivity (Wildman–Crippen MR) is 73.8 cm³/mol. The van der Waals surface area contributed by atoms with Gasteiger partial charge in [-0.1, -0.05) is 12.1 Å². The largest absolute Gasteiger partial charge is 0.495 e. The van der Waals surface area contributed by atoms with Crippen LogP contribution >= 0.6 is 0 Å². The molecule has 1 atom stereocenters. The molecule has 1 aromatic carbocycles. The van der Waals surface area contributed by atoms with E-state index in [2.05, 4.69) is 5.32 Å². The summed E-state index contributed by atoms with van der Waals surface area (Å²) in [6, 6.07) is 6.67. The Balaban J connectivity index is 2.09. The van der Waals surface area contributed by atoms with Gasteiger partial charge in [0.25, 0.3) is 0 Å². The summed E-state index contributed by atoms with van der Waals surface area (Å²) in [4.78, 5) is 25.4. The molecular weight excluding hydrogens is 260 g/mol. The van der Waals surface area contributed by atoms with E-state index in [9.17, 15) is 9.59 Å². The number of carbonyl (C=O) groups excluding carboxylic acids is 2. The summed E-state index contributed by atoms with van der Waals surface area (Å²) in [6.45, 7) is 0.538. The van der Waals surface area contributed by atoms with Gasteiger partial charge in [-0.05, 0) is 25.0 Å². The molecule has 1 fully saturated rings. The molecule has 1 aliphatic rings. The van der Waals surface area contributed by atoms with Crippen molar-refractivity contribution in [3.8, 4) is 5.75 Å². The van der Waals surface area contributed by atoms with Crippen LogP contribution in [0, 0.1) is 0 Å². The molecule has 1 aliphatic heterocycles. The van der Waals surface area contributed by atoms with Crippen LogP contribution in [0.15, 0.2) is 24.3 Å². The average Bonchev–Trinajstić information content (AvgIpc) is 2.96. The van der Waals surface area contributed by atoms with Gasteiger partial charge in [-0.3, -0.25) is 9.69 Å². The molecule has 108 valence electrons. The van der Waals surface area contributed by atoms with Crippen molar-refractivity contribution in [3.63, 3.8) is 0 Å². The van der Waals surface area contributed by atoms with Crippen LogP contribution in [-0.2, 0) is 9.53 Å². The fourth-order valence-corrected chi connectivity index (χ4v) is 2.34. The fourth-order valence-electron chi connectivity index (χ4n) is 2.34. The van der Waals surface area contributed by atoms with Crippen molar-refractivity contribution in [1.82, 2.24) is 4.90 Å². The molecule has 0 saturated carbocycles. The summed E-state index contributed by atoms with van der Waals surface area (Å²) in [7, 11) is 2.86. The van der Waals surface area contributed by atoms with E-state index in [4.69, 9.17) is 9.47 Å². The minimum atomic E-state index is -0.493. The second-order valence-corrected chi connectivity index (χ2v) is 4.51. The van der Waals surface area contributed by atoms with Crippen molar-refractivity contribution in [2.24, 2.45) is 0 Å². The van der Waals surface area contributed by atoms with Gasteiger partial charge >= 0.3 is 6.09 Å². The molecule has 2 rings (SSSR count). The standard InChI is InChI=1S/C14H18N2O4/c1-19-12-8-4-3-6-10(12)15-13(17)11-7-5-9-16(11)14(18)20-2/h3-4,6,8,11H,5,7,9H2,1-2H3,(H,15,17). The third kappa shape index (κ3) is 2.84. The Morgan fingerprint density at radius 2 is 2.05 bits per heavy atom. The van der Waals surface area contributed by atoms with E-state index in [1.54, 1.807) is 19.2 Å². The van der Waals surface area contributed by atoms with Crippen LogP contribution in [0.3, 0.4) is 0 Å². The molecule has 0 aromatic heterocycles. The lowest BCUT2D eigenvalue weighted by atomic mass is 10.2. The van der Waals surface area contributed by atoms with Crippen LogP contribution in [0.5, 0.6) is 5.75 Å². The second kappa shape index (κ2) is 6.27. The van der Waals surface area contributed by atoms with Crippen molar-refractivity contribution in [2.45, 2.75) is 18.9 Å². The van der Waals surface area contributed by atoms with E-state index in [-0.39, 0.29) is 5.91 Å². The van der Waals surface area contributed by atoms with Crippen molar-refractivity contribution in [1.29, 1.82) is 0 Å². The molecule has 6 nitrogen and oxygen atoms in total. The fraction of sp³-hybridized carbons (Fsp3) is 0.429. The first-order valence-corrected chi connectivity index (χ1v) is 6.46. The predicted octanol–water partition coefficient (Wildman–Crippen LogP) is 1.86. The molecule has 0 bridgehead atoms. The average molecular weight is 278 g/mol. The maximum atomic E-state index is 12.3. The van der Waals surface area contributed by atoms with Gasteiger partial charge < -0.3 is 14.8 Å². The van der Waals surface area contributed by atoms with Crippen LogP contribution in [-0.4, -0.2) is 43.7 Å². The monoisotopic (exact) mass is 278 g/mol. The van der Waals surface area contributed by atoms with E-state index in [0.717, 1.165) is 6.42 Å². The minimum Gasteiger partial charge on any atom is -0.495 e. The molecule has 2 amide bonds. The van der Waals surface area contributed by atoms with Gasteiger partial charge in [-0.2, -0.15) is 0 Å². The number of nitrogens with one attached hydrogen (secondary N) is 1. The number of likely N-dealkylation sites (tertiary alicyclic amines) is 1. The van der Waals surface area contributed by atoms with Crippen molar-refractivity contribution in [2.75, 3.05) is 26.1 Å². The van der Waals surface area contributed by atoms with Gasteiger partial charge in [0.15, 0.2) is 0 Å². The lowest BCUT2D eigenvalue weighted by Crippen LogP contribution is -2.43. The van der Waals surface area contributed by atoms with Gasteiger partial charge in [-0.15, -0.1) is 0 Å².